The zero-order valence-corrected chi connectivity index (χ0v) is 26.0. The van der Waals surface area contributed by atoms with Crippen LogP contribution in [0.1, 0.15) is 97.9 Å². The van der Waals surface area contributed by atoms with E-state index in [2.05, 4.69) is 23.8 Å². The lowest BCUT2D eigenvalue weighted by Crippen LogP contribution is -2.45. The minimum atomic E-state index is -4.77. The SMILES string of the molecule is CC(C)CCC(c1ccc(C(F)(F)F)c(C(=O)N2Cc3nccnc3C2)c1)N1C(=O)[C@@](CCC(C)C)(c2ccccc2)N=C1N. The standard InChI is InChI=1S/C34H39F3N6O2/c1-21(2)10-13-29(43-31(45)33(41-32(43)38,15-14-22(3)4)24-8-6-5-7-9-24)23-11-12-26(34(35,36)37)25(18-23)30(44)42-19-27-28(20-42)40-17-16-39-27/h5-9,11-12,16-18,21-22,29H,10,13-15,19-20H2,1-4H3,(H2,38,41)/t29?,33-/m1/s1. The molecule has 0 saturated heterocycles. The number of carbonyl (C=O) groups is 2. The van der Waals surface area contributed by atoms with Gasteiger partial charge in [0.05, 0.1) is 41.6 Å². The number of fused-ring (bicyclic) bond motifs is 1. The highest BCUT2D eigenvalue weighted by molar-refractivity contribution is 6.07. The summed E-state index contributed by atoms with van der Waals surface area (Å²) >= 11 is 0. The molecule has 8 nitrogen and oxygen atoms in total. The van der Waals surface area contributed by atoms with Crippen molar-refractivity contribution in [2.24, 2.45) is 22.6 Å². The van der Waals surface area contributed by atoms with Crippen LogP contribution >= 0.6 is 0 Å². The zero-order valence-electron chi connectivity index (χ0n) is 26.0. The van der Waals surface area contributed by atoms with E-state index in [9.17, 15) is 22.8 Å². The fraction of sp³-hybridized carbons (Fsp3) is 0.441. The van der Waals surface area contributed by atoms with Gasteiger partial charge in [-0.15, -0.1) is 0 Å². The first-order chi connectivity index (χ1) is 21.3. The summed E-state index contributed by atoms with van der Waals surface area (Å²) in [5, 5.41) is 0. The average molecular weight is 621 g/mol. The first kappa shape index (κ1) is 32.1. The Balaban J connectivity index is 1.58. The van der Waals surface area contributed by atoms with Crippen LogP contribution in [0.5, 0.6) is 0 Å². The molecule has 5 rings (SSSR count). The van der Waals surface area contributed by atoms with E-state index in [1.165, 1.54) is 34.3 Å². The van der Waals surface area contributed by atoms with Crippen LogP contribution in [0.2, 0.25) is 0 Å². The Morgan fingerprint density at radius 1 is 0.933 bits per heavy atom. The van der Waals surface area contributed by atoms with Gasteiger partial charge < -0.3 is 10.6 Å². The van der Waals surface area contributed by atoms with Crippen molar-refractivity contribution in [1.29, 1.82) is 0 Å². The van der Waals surface area contributed by atoms with Crippen LogP contribution in [0.4, 0.5) is 13.2 Å². The maximum Gasteiger partial charge on any atom is 0.417 e. The summed E-state index contributed by atoms with van der Waals surface area (Å²) in [5.41, 5.74) is 5.99. The number of carbonyl (C=O) groups excluding carboxylic acids is 2. The minimum Gasteiger partial charge on any atom is -0.369 e. The number of nitrogens with zero attached hydrogens (tertiary/aromatic N) is 5. The van der Waals surface area contributed by atoms with E-state index in [1.807, 2.05) is 44.2 Å². The van der Waals surface area contributed by atoms with E-state index in [-0.39, 0.29) is 30.9 Å². The van der Waals surface area contributed by atoms with Gasteiger partial charge in [-0.05, 0) is 60.8 Å². The minimum absolute atomic E-state index is 0.0151. The van der Waals surface area contributed by atoms with E-state index in [4.69, 9.17) is 10.7 Å². The van der Waals surface area contributed by atoms with E-state index < -0.39 is 34.8 Å². The lowest BCUT2D eigenvalue weighted by Gasteiger charge is -2.33. The maximum absolute atomic E-state index is 14.6. The van der Waals surface area contributed by atoms with Gasteiger partial charge in [-0.2, -0.15) is 13.2 Å². The maximum atomic E-state index is 14.6. The molecule has 11 heteroatoms. The number of alkyl halides is 3. The Morgan fingerprint density at radius 2 is 1.56 bits per heavy atom. The Bertz CT molecular complexity index is 1570. The first-order valence-electron chi connectivity index (χ1n) is 15.4. The summed E-state index contributed by atoms with van der Waals surface area (Å²) in [6.07, 6.45) is 0.418. The lowest BCUT2D eigenvalue weighted by molar-refractivity contribution is -0.138. The van der Waals surface area contributed by atoms with Crippen molar-refractivity contribution in [1.82, 2.24) is 19.8 Å². The molecular formula is C34H39F3N6O2. The van der Waals surface area contributed by atoms with Crippen molar-refractivity contribution in [2.75, 3.05) is 0 Å². The molecule has 1 aromatic heterocycles. The molecule has 2 N–H and O–H groups in total. The molecule has 2 aliphatic heterocycles. The van der Waals surface area contributed by atoms with Crippen molar-refractivity contribution >= 4 is 17.8 Å². The lowest BCUT2D eigenvalue weighted by atomic mass is 9.83. The van der Waals surface area contributed by atoms with Crippen LogP contribution in [0.25, 0.3) is 0 Å². The van der Waals surface area contributed by atoms with Crippen LogP contribution in [0.15, 0.2) is 65.9 Å². The Morgan fingerprint density at radius 3 is 2.13 bits per heavy atom. The second-order valence-corrected chi connectivity index (χ2v) is 12.7. The molecule has 3 heterocycles. The summed E-state index contributed by atoms with van der Waals surface area (Å²) in [4.78, 5) is 44.3. The van der Waals surface area contributed by atoms with E-state index in [1.54, 1.807) is 0 Å². The van der Waals surface area contributed by atoms with Gasteiger partial charge in [0.1, 0.15) is 0 Å². The Hall–Kier alpha value is -4.28. The highest BCUT2D eigenvalue weighted by Crippen LogP contribution is 2.43. The Labute approximate surface area is 261 Å². The molecule has 45 heavy (non-hydrogen) atoms. The molecule has 1 unspecified atom stereocenters. The van der Waals surface area contributed by atoms with E-state index >= 15 is 0 Å². The van der Waals surface area contributed by atoms with Gasteiger partial charge in [0, 0.05) is 12.4 Å². The van der Waals surface area contributed by atoms with Crippen LogP contribution < -0.4 is 5.73 Å². The average Bonchev–Trinajstić information content (AvgIpc) is 3.54. The van der Waals surface area contributed by atoms with Crippen molar-refractivity contribution in [3.63, 3.8) is 0 Å². The molecule has 0 saturated carbocycles. The number of aromatic nitrogens is 2. The number of halogens is 3. The predicted octanol–water partition coefficient (Wildman–Crippen LogP) is 6.62. The third-order valence-corrected chi connectivity index (χ3v) is 8.58. The van der Waals surface area contributed by atoms with Crippen LogP contribution in [-0.2, 0) is 29.6 Å². The Kier molecular flexibility index (Phi) is 9.00. The number of amides is 2. The molecule has 0 fully saturated rings. The fourth-order valence-corrected chi connectivity index (χ4v) is 6.13. The summed E-state index contributed by atoms with van der Waals surface area (Å²) in [6, 6.07) is 12.1. The van der Waals surface area contributed by atoms with Crippen molar-refractivity contribution in [3.8, 4) is 0 Å². The monoisotopic (exact) mass is 620 g/mol. The van der Waals surface area contributed by atoms with Crippen LogP contribution in [0.3, 0.4) is 0 Å². The van der Waals surface area contributed by atoms with Crippen LogP contribution in [-0.4, -0.2) is 37.5 Å². The van der Waals surface area contributed by atoms with Crippen molar-refractivity contribution in [2.45, 2.75) is 84.2 Å². The molecule has 3 aromatic rings. The molecule has 238 valence electrons. The molecule has 0 spiro atoms. The topological polar surface area (TPSA) is 105 Å². The largest absolute Gasteiger partial charge is 0.417 e. The van der Waals surface area contributed by atoms with Gasteiger partial charge in [0.2, 0.25) is 0 Å². The highest BCUT2D eigenvalue weighted by atomic mass is 19.4. The fourth-order valence-electron chi connectivity index (χ4n) is 6.13. The highest BCUT2D eigenvalue weighted by Gasteiger charge is 2.51. The van der Waals surface area contributed by atoms with Gasteiger partial charge in [-0.25, -0.2) is 4.99 Å². The van der Waals surface area contributed by atoms with Crippen molar-refractivity contribution in [3.05, 3.63) is 94.6 Å². The first-order valence-corrected chi connectivity index (χ1v) is 15.4. The van der Waals surface area contributed by atoms with Gasteiger partial charge in [-0.1, -0.05) is 64.1 Å². The van der Waals surface area contributed by atoms with Gasteiger partial charge in [0.15, 0.2) is 11.5 Å². The second kappa shape index (κ2) is 12.6. The molecule has 2 aromatic carbocycles. The number of nitrogens with two attached hydrogens (primary N) is 1. The number of hydrogen-bond donors (Lipinski definition) is 1. The van der Waals surface area contributed by atoms with Crippen molar-refractivity contribution < 1.29 is 22.8 Å². The zero-order chi connectivity index (χ0) is 32.5. The number of benzene rings is 2. The molecule has 0 radical (unpaired) electrons. The smallest absolute Gasteiger partial charge is 0.369 e. The number of hydrogen-bond acceptors (Lipinski definition) is 6. The van der Waals surface area contributed by atoms with Crippen LogP contribution in [0, 0.1) is 11.8 Å². The molecular weight excluding hydrogens is 581 g/mol. The summed E-state index contributed by atoms with van der Waals surface area (Å²) < 4.78 is 42.9. The van der Waals surface area contributed by atoms with Gasteiger partial charge in [0.25, 0.3) is 11.8 Å². The third-order valence-electron chi connectivity index (χ3n) is 8.58. The quantitative estimate of drug-likeness (QED) is 0.274. The summed E-state index contributed by atoms with van der Waals surface area (Å²) in [6.45, 7) is 8.32. The van der Waals surface area contributed by atoms with Gasteiger partial charge in [-0.3, -0.25) is 24.5 Å². The summed E-state index contributed by atoms with van der Waals surface area (Å²) in [7, 11) is 0. The second-order valence-electron chi connectivity index (χ2n) is 12.7. The normalized spacial score (nSPS) is 19.0. The number of rotatable bonds is 10. The summed E-state index contributed by atoms with van der Waals surface area (Å²) in [5.74, 6) is -0.550. The predicted molar refractivity (Wildman–Crippen MR) is 165 cm³/mol. The number of aliphatic imine (C=N–C) groups is 1. The molecule has 2 amide bonds. The van der Waals surface area contributed by atoms with Gasteiger partial charge >= 0.3 is 6.18 Å². The third kappa shape index (κ3) is 6.43. The molecule has 0 aliphatic carbocycles. The molecule has 2 aliphatic rings. The molecule has 0 bridgehead atoms. The van der Waals surface area contributed by atoms with E-state index in [0.29, 0.717) is 54.1 Å². The molecule has 2 atom stereocenters. The van der Waals surface area contributed by atoms with E-state index in [0.717, 1.165) is 6.07 Å². The number of guanidine groups is 1.